The largest absolute Gasteiger partial charge is 0.325 e. The molecule has 2 rings (SSSR count). The van der Waals surface area contributed by atoms with Crippen molar-refractivity contribution in [1.29, 1.82) is 0 Å². The van der Waals surface area contributed by atoms with Gasteiger partial charge in [-0.05, 0) is 31.0 Å². The maximum Gasteiger partial charge on any atom is 0.224 e. The molecule has 0 saturated heterocycles. The van der Waals surface area contributed by atoms with Gasteiger partial charge in [0.1, 0.15) is 0 Å². The molecule has 0 fully saturated rings. The lowest BCUT2D eigenvalue weighted by Gasteiger charge is -2.07. The Kier molecular flexibility index (Phi) is 4.63. The van der Waals surface area contributed by atoms with Gasteiger partial charge in [0.25, 0.3) is 0 Å². The minimum atomic E-state index is 0.0158. The molecule has 0 aliphatic rings. The Morgan fingerprint density at radius 1 is 1.11 bits per heavy atom. The Hall–Kier alpha value is -1.74. The summed E-state index contributed by atoms with van der Waals surface area (Å²) < 4.78 is 0. The predicted octanol–water partition coefficient (Wildman–Crippen LogP) is 3.86. The molecule has 98 valence electrons. The second kappa shape index (κ2) is 6.43. The second-order valence-electron chi connectivity index (χ2n) is 4.55. The Labute approximate surface area is 119 Å². The smallest absolute Gasteiger partial charge is 0.224 e. The summed E-state index contributed by atoms with van der Waals surface area (Å²) >= 11 is 4.31. The monoisotopic (exact) mass is 271 g/mol. The van der Waals surface area contributed by atoms with Crippen LogP contribution in [0.3, 0.4) is 0 Å². The first-order valence-electron chi connectivity index (χ1n) is 6.28. The minimum absolute atomic E-state index is 0.0158. The Morgan fingerprint density at radius 3 is 2.47 bits per heavy atom. The van der Waals surface area contributed by atoms with Crippen LogP contribution in [0, 0.1) is 6.92 Å². The van der Waals surface area contributed by atoms with Crippen molar-refractivity contribution in [2.75, 3.05) is 5.32 Å². The number of benzene rings is 2. The third-order valence-electron chi connectivity index (χ3n) is 2.94. The van der Waals surface area contributed by atoms with Gasteiger partial charge in [-0.3, -0.25) is 4.79 Å². The van der Waals surface area contributed by atoms with Gasteiger partial charge in [0.15, 0.2) is 0 Å². The molecule has 1 N–H and O–H groups in total. The number of hydrogen-bond donors (Lipinski definition) is 2. The number of para-hydroxylation sites is 1. The number of nitrogens with one attached hydrogen (secondary N) is 1. The number of thiol groups is 1. The molecular weight excluding hydrogens is 254 g/mol. The van der Waals surface area contributed by atoms with E-state index in [1.165, 1.54) is 11.1 Å². The Morgan fingerprint density at radius 2 is 1.79 bits per heavy atom. The average Bonchev–Trinajstić information content (AvgIpc) is 2.41. The summed E-state index contributed by atoms with van der Waals surface area (Å²) in [5.74, 6) is 0.0158. The fraction of sp³-hybridized carbons (Fsp3) is 0.188. The third-order valence-corrected chi connectivity index (χ3v) is 3.33. The lowest BCUT2D eigenvalue weighted by Crippen LogP contribution is -2.12. The van der Waals surface area contributed by atoms with E-state index < -0.39 is 0 Å². The molecule has 0 heterocycles. The van der Waals surface area contributed by atoms with E-state index in [0.717, 1.165) is 17.0 Å². The van der Waals surface area contributed by atoms with Crippen LogP contribution >= 0.6 is 12.6 Å². The number of amides is 1. The summed E-state index contributed by atoms with van der Waals surface area (Å²) in [4.78, 5) is 12.6. The van der Waals surface area contributed by atoms with Crippen molar-refractivity contribution in [3.8, 4) is 0 Å². The maximum atomic E-state index is 11.9. The zero-order chi connectivity index (χ0) is 13.7. The van der Waals surface area contributed by atoms with Gasteiger partial charge in [0, 0.05) is 11.3 Å². The van der Waals surface area contributed by atoms with Crippen LogP contribution in [0.2, 0.25) is 0 Å². The van der Waals surface area contributed by atoms with E-state index >= 15 is 0 Å². The quantitative estimate of drug-likeness (QED) is 0.812. The van der Waals surface area contributed by atoms with Crippen molar-refractivity contribution in [2.45, 2.75) is 24.7 Å². The number of carbonyl (C=O) groups is 1. The Balaban J connectivity index is 1.88. The van der Waals surface area contributed by atoms with E-state index in [-0.39, 0.29) is 5.91 Å². The van der Waals surface area contributed by atoms with Gasteiger partial charge in [-0.2, -0.15) is 0 Å². The molecule has 2 nitrogen and oxygen atoms in total. The number of rotatable bonds is 4. The molecule has 1 amide bonds. The third kappa shape index (κ3) is 4.14. The van der Waals surface area contributed by atoms with Crippen molar-refractivity contribution in [2.24, 2.45) is 0 Å². The first-order valence-corrected chi connectivity index (χ1v) is 6.73. The molecular formula is C16H17NOS. The molecule has 3 heteroatoms. The highest BCUT2D eigenvalue weighted by Gasteiger charge is 2.05. The molecule has 0 unspecified atom stereocenters. The zero-order valence-electron chi connectivity index (χ0n) is 10.9. The summed E-state index contributed by atoms with van der Waals surface area (Å²) in [6, 6.07) is 15.8. The van der Waals surface area contributed by atoms with Crippen LogP contribution in [0.1, 0.15) is 17.5 Å². The molecule has 0 spiro atoms. The zero-order valence-corrected chi connectivity index (χ0v) is 11.8. The van der Waals surface area contributed by atoms with Gasteiger partial charge in [0.2, 0.25) is 5.91 Å². The maximum absolute atomic E-state index is 11.9. The van der Waals surface area contributed by atoms with Gasteiger partial charge in [-0.15, -0.1) is 12.6 Å². The van der Waals surface area contributed by atoms with Crippen LogP contribution in [0.4, 0.5) is 5.69 Å². The van der Waals surface area contributed by atoms with E-state index in [1.54, 1.807) is 0 Å². The second-order valence-corrected chi connectivity index (χ2v) is 5.03. The van der Waals surface area contributed by atoms with Crippen LogP contribution in [-0.2, 0) is 11.2 Å². The van der Waals surface area contributed by atoms with E-state index in [1.807, 2.05) is 24.3 Å². The highest BCUT2D eigenvalue weighted by atomic mass is 32.1. The van der Waals surface area contributed by atoms with Crippen LogP contribution in [-0.4, -0.2) is 5.91 Å². The average molecular weight is 271 g/mol. The van der Waals surface area contributed by atoms with E-state index in [2.05, 4.69) is 49.1 Å². The fourth-order valence-corrected chi connectivity index (χ4v) is 2.02. The summed E-state index contributed by atoms with van der Waals surface area (Å²) in [6.45, 7) is 2.06. The molecule has 0 saturated carbocycles. The normalized spacial score (nSPS) is 10.2. The predicted molar refractivity (Wildman–Crippen MR) is 81.8 cm³/mol. The van der Waals surface area contributed by atoms with Crippen LogP contribution < -0.4 is 5.32 Å². The van der Waals surface area contributed by atoms with Crippen molar-refractivity contribution < 1.29 is 4.79 Å². The lowest BCUT2D eigenvalue weighted by atomic mass is 10.1. The lowest BCUT2D eigenvalue weighted by molar-refractivity contribution is -0.116. The fourth-order valence-electron chi connectivity index (χ4n) is 1.80. The topological polar surface area (TPSA) is 29.1 Å². The number of carbonyl (C=O) groups excluding carboxylic acids is 1. The van der Waals surface area contributed by atoms with E-state index in [4.69, 9.17) is 0 Å². The molecule has 19 heavy (non-hydrogen) atoms. The van der Waals surface area contributed by atoms with Gasteiger partial charge < -0.3 is 5.32 Å². The molecule has 0 bridgehead atoms. The van der Waals surface area contributed by atoms with Crippen LogP contribution in [0.25, 0.3) is 0 Å². The molecule has 0 aromatic heterocycles. The van der Waals surface area contributed by atoms with Crippen LogP contribution in [0.15, 0.2) is 53.4 Å². The van der Waals surface area contributed by atoms with Gasteiger partial charge in [0.05, 0.1) is 5.69 Å². The first-order chi connectivity index (χ1) is 9.15. The SMILES string of the molecule is Cc1ccc(CCC(=O)Nc2ccccc2S)cc1. The molecule has 0 aliphatic heterocycles. The highest BCUT2D eigenvalue weighted by molar-refractivity contribution is 7.80. The number of hydrogen-bond acceptors (Lipinski definition) is 2. The minimum Gasteiger partial charge on any atom is -0.325 e. The van der Waals surface area contributed by atoms with Gasteiger partial charge in [-0.1, -0.05) is 42.0 Å². The molecule has 2 aromatic carbocycles. The van der Waals surface area contributed by atoms with Crippen molar-refractivity contribution in [3.63, 3.8) is 0 Å². The summed E-state index contributed by atoms with van der Waals surface area (Å²) in [5, 5.41) is 2.88. The Bertz CT molecular complexity index is 563. The summed E-state index contributed by atoms with van der Waals surface area (Å²) in [6.07, 6.45) is 1.23. The summed E-state index contributed by atoms with van der Waals surface area (Å²) in [7, 11) is 0. The van der Waals surface area contributed by atoms with Gasteiger partial charge in [-0.25, -0.2) is 0 Å². The standard InChI is InChI=1S/C16H17NOS/c1-12-6-8-13(9-7-12)10-11-16(18)17-14-4-2-3-5-15(14)19/h2-9,19H,10-11H2,1H3,(H,17,18). The van der Waals surface area contributed by atoms with E-state index in [0.29, 0.717) is 6.42 Å². The van der Waals surface area contributed by atoms with Crippen molar-refractivity contribution >= 4 is 24.2 Å². The number of anilines is 1. The molecule has 0 radical (unpaired) electrons. The number of aryl methyl sites for hydroxylation is 2. The molecule has 0 atom stereocenters. The van der Waals surface area contributed by atoms with Crippen molar-refractivity contribution in [1.82, 2.24) is 0 Å². The first kappa shape index (κ1) is 13.7. The van der Waals surface area contributed by atoms with Gasteiger partial charge >= 0.3 is 0 Å². The van der Waals surface area contributed by atoms with Crippen LogP contribution in [0.5, 0.6) is 0 Å². The van der Waals surface area contributed by atoms with E-state index in [9.17, 15) is 4.79 Å². The molecule has 2 aromatic rings. The summed E-state index contributed by atoms with van der Waals surface area (Å²) in [5.41, 5.74) is 3.18. The molecule has 0 aliphatic carbocycles. The highest BCUT2D eigenvalue weighted by Crippen LogP contribution is 2.18. The van der Waals surface area contributed by atoms with Crippen molar-refractivity contribution in [3.05, 3.63) is 59.7 Å².